The van der Waals surface area contributed by atoms with Crippen LogP contribution in [0.3, 0.4) is 0 Å². The fourth-order valence-corrected chi connectivity index (χ4v) is 4.58. The number of piperazine rings is 1. The number of aryl methyl sites for hydroxylation is 1. The number of benzene rings is 2. The summed E-state index contributed by atoms with van der Waals surface area (Å²) in [7, 11) is 3.85. The van der Waals surface area contributed by atoms with Crippen molar-refractivity contribution >= 4 is 33.7 Å². The van der Waals surface area contributed by atoms with Crippen LogP contribution in [-0.2, 0) is 0 Å². The molecule has 11 nitrogen and oxygen atoms in total. The first-order valence-electron chi connectivity index (χ1n) is 12.0. The molecule has 1 aliphatic heterocycles. The van der Waals surface area contributed by atoms with Crippen molar-refractivity contribution in [2.45, 2.75) is 6.92 Å². The Morgan fingerprint density at radius 1 is 0.892 bits per heavy atom. The summed E-state index contributed by atoms with van der Waals surface area (Å²) in [5.41, 5.74) is 4.38. The van der Waals surface area contributed by atoms with Crippen LogP contribution in [0.25, 0.3) is 16.6 Å². The Bertz CT molecular complexity index is 1580. The van der Waals surface area contributed by atoms with Crippen molar-refractivity contribution in [2.75, 3.05) is 50.6 Å². The first-order chi connectivity index (χ1) is 18.1. The summed E-state index contributed by atoms with van der Waals surface area (Å²) in [4.78, 5) is 22.3. The molecule has 2 aromatic carbocycles. The van der Waals surface area contributed by atoms with Gasteiger partial charge in [0.15, 0.2) is 5.65 Å². The Morgan fingerprint density at radius 3 is 2.54 bits per heavy atom. The largest absolute Gasteiger partial charge is 0.495 e. The third-order valence-corrected chi connectivity index (χ3v) is 6.58. The lowest BCUT2D eigenvalue weighted by molar-refractivity contribution is 0.311. The number of hydrogen-bond donors (Lipinski definition) is 1. The molecule has 188 valence electrons. The van der Waals surface area contributed by atoms with Crippen LogP contribution in [0.2, 0.25) is 0 Å². The molecular weight excluding hydrogens is 470 g/mol. The molecule has 6 rings (SSSR count). The van der Waals surface area contributed by atoms with Gasteiger partial charge in [-0.2, -0.15) is 5.10 Å². The van der Waals surface area contributed by atoms with Crippen molar-refractivity contribution < 1.29 is 9.47 Å². The van der Waals surface area contributed by atoms with Gasteiger partial charge in [0.25, 0.3) is 0 Å². The fraction of sp³-hybridized carbons (Fsp3) is 0.269. The van der Waals surface area contributed by atoms with Crippen LogP contribution in [0.1, 0.15) is 5.56 Å². The van der Waals surface area contributed by atoms with Gasteiger partial charge in [0.1, 0.15) is 36.3 Å². The maximum Gasteiger partial charge on any atom is 0.224 e. The van der Waals surface area contributed by atoms with E-state index in [0.717, 1.165) is 65.6 Å². The maximum atomic E-state index is 6.03. The predicted molar refractivity (Wildman–Crippen MR) is 141 cm³/mol. The van der Waals surface area contributed by atoms with E-state index >= 15 is 0 Å². The van der Waals surface area contributed by atoms with Crippen molar-refractivity contribution in [3.63, 3.8) is 0 Å². The summed E-state index contributed by atoms with van der Waals surface area (Å²) < 4.78 is 13.4. The normalized spacial score (nSPS) is 14.3. The number of nitrogens with one attached hydrogen (secondary N) is 1. The molecule has 0 bridgehead atoms. The van der Waals surface area contributed by atoms with E-state index in [1.54, 1.807) is 30.3 Å². The molecule has 0 amide bonds. The van der Waals surface area contributed by atoms with Gasteiger partial charge in [-0.15, -0.1) is 0 Å². The van der Waals surface area contributed by atoms with Gasteiger partial charge < -0.3 is 24.6 Å². The van der Waals surface area contributed by atoms with E-state index < -0.39 is 0 Å². The Balaban J connectivity index is 1.32. The second-order valence-corrected chi connectivity index (χ2v) is 9.02. The molecule has 0 saturated carbocycles. The highest BCUT2D eigenvalue weighted by Crippen LogP contribution is 2.40. The molecule has 1 N–H and O–H groups in total. The van der Waals surface area contributed by atoms with Gasteiger partial charge in [-0.3, -0.25) is 0 Å². The average Bonchev–Trinajstić information content (AvgIpc) is 3.38. The second kappa shape index (κ2) is 9.51. The minimum atomic E-state index is 0.454. The predicted octanol–water partition coefficient (Wildman–Crippen LogP) is 3.67. The third-order valence-electron chi connectivity index (χ3n) is 6.58. The van der Waals surface area contributed by atoms with Gasteiger partial charge >= 0.3 is 0 Å². The minimum Gasteiger partial charge on any atom is -0.495 e. The molecule has 0 spiro atoms. The molecule has 0 unspecified atom stereocenters. The lowest BCUT2D eigenvalue weighted by Gasteiger charge is -2.35. The number of methoxy groups -OCH3 is 1. The van der Waals surface area contributed by atoms with Gasteiger partial charge in [-0.25, -0.2) is 24.5 Å². The van der Waals surface area contributed by atoms with Crippen LogP contribution in [0, 0.1) is 6.92 Å². The molecular formula is C26H27N9O2. The van der Waals surface area contributed by atoms with Crippen LogP contribution in [0.15, 0.2) is 55.4 Å². The molecule has 0 aliphatic carbocycles. The topological polar surface area (TPSA) is 106 Å². The van der Waals surface area contributed by atoms with E-state index in [9.17, 15) is 0 Å². The fourth-order valence-electron chi connectivity index (χ4n) is 4.58. The summed E-state index contributed by atoms with van der Waals surface area (Å²) in [6.07, 6.45) is 4.64. The summed E-state index contributed by atoms with van der Waals surface area (Å²) in [5, 5.41) is 8.51. The molecule has 11 heteroatoms. The molecule has 3 aromatic heterocycles. The number of hydrogen-bond acceptors (Lipinski definition) is 10. The summed E-state index contributed by atoms with van der Waals surface area (Å²) >= 11 is 0. The molecule has 0 radical (unpaired) electrons. The highest BCUT2D eigenvalue weighted by atomic mass is 16.5. The number of aromatic nitrogens is 6. The van der Waals surface area contributed by atoms with Crippen LogP contribution in [0.4, 0.5) is 17.2 Å². The number of ether oxygens (including phenoxy) is 2. The lowest BCUT2D eigenvalue weighted by atomic mass is 10.1. The minimum absolute atomic E-state index is 0.454. The Hall–Kier alpha value is -4.51. The van der Waals surface area contributed by atoms with Crippen LogP contribution in [0.5, 0.6) is 17.4 Å². The van der Waals surface area contributed by atoms with E-state index in [0.29, 0.717) is 17.3 Å². The summed E-state index contributed by atoms with van der Waals surface area (Å²) in [5.74, 6) is 2.70. The van der Waals surface area contributed by atoms with Crippen molar-refractivity contribution in [3.8, 4) is 17.4 Å². The zero-order chi connectivity index (χ0) is 25.4. The van der Waals surface area contributed by atoms with Gasteiger partial charge in [0.2, 0.25) is 5.88 Å². The molecule has 37 heavy (non-hydrogen) atoms. The number of likely N-dealkylation sites (N-methyl/N-ethyl adjacent to an activating group) is 1. The molecule has 4 heterocycles. The molecule has 1 fully saturated rings. The molecule has 1 aliphatic rings. The van der Waals surface area contributed by atoms with Gasteiger partial charge in [0.05, 0.1) is 23.7 Å². The SMILES string of the molecule is COc1ccc2ncnc(Nc3ccc(Oc4cc5ncnn5cn4)c(C)c3)c2c1N1CCN(C)CC1. The van der Waals surface area contributed by atoms with Gasteiger partial charge in [-0.05, 0) is 49.9 Å². The number of anilines is 3. The smallest absolute Gasteiger partial charge is 0.224 e. The van der Waals surface area contributed by atoms with E-state index in [2.05, 4.69) is 47.2 Å². The maximum absolute atomic E-state index is 6.03. The lowest BCUT2D eigenvalue weighted by Crippen LogP contribution is -2.44. The van der Waals surface area contributed by atoms with E-state index in [4.69, 9.17) is 9.47 Å². The number of fused-ring (bicyclic) bond motifs is 2. The summed E-state index contributed by atoms with van der Waals surface area (Å²) in [6, 6.07) is 11.6. The summed E-state index contributed by atoms with van der Waals surface area (Å²) in [6.45, 7) is 5.76. The number of rotatable bonds is 6. The first-order valence-corrected chi connectivity index (χ1v) is 12.0. The highest BCUT2D eigenvalue weighted by Gasteiger charge is 2.23. The molecule has 1 saturated heterocycles. The van der Waals surface area contributed by atoms with Crippen LogP contribution < -0.4 is 19.7 Å². The third kappa shape index (κ3) is 4.45. The number of nitrogens with zero attached hydrogens (tertiary/aromatic N) is 8. The van der Waals surface area contributed by atoms with Crippen molar-refractivity contribution in [1.29, 1.82) is 0 Å². The Morgan fingerprint density at radius 2 is 1.73 bits per heavy atom. The van der Waals surface area contributed by atoms with Gasteiger partial charge in [0, 0.05) is 37.9 Å². The van der Waals surface area contributed by atoms with Crippen molar-refractivity contribution in [1.82, 2.24) is 34.4 Å². The van der Waals surface area contributed by atoms with E-state index in [-0.39, 0.29) is 0 Å². The van der Waals surface area contributed by atoms with Gasteiger partial charge in [-0.1, -0.05) is 0 Å². The van der Waals surface area contributed by atoms with Crippen LogP contribution >= 0.6 is 0 Å². The van der Waals surface area contributed by atoms with Crippen molar-refractivity contribution in [2.24, 2.45) is 0 Å². The standard InChI is InChI=1S/C26H27N9O2/c1-17-12-18(4-6-20(17)37-23-13-22-28-15-31-35(22)16-30-23)32-26-24-19(27-14-29-26)5-7-21(36-3)25(24)34-10-8-33(2)9-11-34/h4-7,12-16H,8-11H2,1-3H3,(H,27,29,32). The zero-order valence-corrected chi connectivity index (χ0v) is 20.9. The molecule has 0 atom stereocenters. The molecule has 5 aromatic rings. The Labute approximate surface area is 213 Å². The monoisotopic (exact) mass is 497 g/mol. The van der Waals surface area contributed by atoms with Crippen LogP contribution in [-0.4, -0.2) is 74.8 Å². The van der Waals surface area contributed by atoms with Crippen molar-refractivity contribution in [3.05, 3.63) is 60.9 Å². The quantitative estimate of drug-likeness (QED) is 0.373. The highest BCUT2D eigenvalue weighted by molar-refractivity contribution is 6.03. The Kier molecular flexibility index (Phi) is 5.89. The second-order valence-electron chi connectivity index (χ2n) is 9.02. The zero-order valence-electron chi connectivity index (χ0n) is 20.9. The first kappa shape index (κ1) is 22.9. The van der Waals surface area contributed by atoms with E-state index in [1.165, 1.54) is 6.33 Å². The van der Waals surface area contributed by atoms with E-state index in [1.807, 2.05) is 37.3 Å². The average molecular weight is 498 g/mol.